The summed E-state index contributed by atoms with van der Waals surface area (Å²) >= 11 is 0. The number of nitriles is 1. The lowest BCUT2D eigenvalue weighted by Gasteiger charge is -2.16. The molecule has 1 aromatic rings. The lowest BCUT2D eigenvalue weighted by atomic mass is 9.75. The van der Waals surface area contributed by atoms with Crippen LogP contribution in [0.1, 0.15) is 36.5 Å². The lowest BCUT2D eigenvalue weighted by molar-refractivity contribution is -0.143. The highest BCUT2D eigenvalue weighted by atomic mass is 16.5. The number of unbranched alkanes of at least 4 members (excludes halogenated alkanes) is 1. The van der Waals surface area contributed by atoms with Gasteiger partial charge in [-0.2, -0.15) is 0 Å². The van der Waals surface area contributed by atoms with Gasteiger partial charge in [-0.1, -0.05) is 25.2 Å². The second-order valence-corrected chi connectivity index (χ2v) is 5.57. The van der Waals surface area contributed by atoms with Crippen LogP contribution in [0.4, 0.5) is 5.69 Å². The molecule has 0 radical (unpaired) electrons. The average Bonchev–Trinajstić information content (AvgIpc) is 2.59. The molecule has 0 saturated heterocycles. The zero-order chi connectivity index (χ0) is 18.7. The van der Waals surface area contributed by atoms with E-state index in [1.807, 2.05) is 0 Å². The Bertz CT molecular complexity index is 658. The van der Waals surface area contributed by atoms with Crippen LogP contribution in [0.25, 0.3) is 0 Å². The normalized spacial score (nSPS) is 10.9. The van der Waals surface area contributed by atoms with Gasteiger partial charge in [-0.25, -0.2) is 10.1 Å². The molecule has 0 fully saturated rings. The van der Waals surface area contributed by atoms with Crippen molar-refractivity contribution in [3.8, 4) is 5.97 Å². The number of nitrogens with zero attached hydrogens (tertiary/aromatic N) is 1. The molecule has 7 nitrogen and oxygen atoms in total. The van der Waals surface area contributed by atoms with E-state index in [1.54, 1.807) is 18.2 Å². The monoisotopic (exact) mass is 343 g/mol. The predicted molar refractivity (Wildman–Crippen MR) is 95.4 cm³/mol. The quantitative estimate of drug-likeness (QED) is 0.400. The van der Waals surface area contributed by atoms with Crippen LogP contribution in [0.15, 0.2) is 24.3 Å². The molecule has 0 spiro atoms. The second-order valence-electron chi connectivity index (χ2n) is 5.57. The molecule has 2 N–H and O–H groups in total. The van der Waals surface area contributed by atoms with E-state index in [9.17, 15) is 14.4 Å². The van der Waals surface area contributed by atoms with E-state index >= 15 is 0 Å². The third-order valence-corrected chi connectivity index (χ3v) is 3.52. The van der Waals surface area contributed by atoms with Gasteiger partial charge in [0.2, 0.25) is 13.2 Å². The highest BCUT2D eigenvalue weighted by molar-refractivity contribution is 6.44. The smallest absolute Gasteiger partial charge is 0.328 e. The first-order valence-corrected chi connectivity index (χ1v) is 8.11. The lowest BCUT2D eigenvalue weighted by Crippen LogP contribution is -2.41. The van der Waals surface area contributed by atoms with E-state index in [4.69, 9.17) is 10.00 Å². The number of amides is 2. The molecule has 0 aliphatic heterocycles. The molecule has 0 unspecified atom stereocenters. The molecule has 8 heteroatoms. The Hall–Kier alpha value is -2.82. The summed E-state index contributed by atoms with van der Waals surface area (Å²) in [6.45, 7) is 1.38. The fraction of sp³-hybridized carbons (Fsp3) is 0.412. The first kappa shape index (κ1) is 20.2. The van der Waals surface area contributed by atoms with Gasteiger partial charge in [-0.3, -0.25) is 9.59 Å². The van der Waals surface area contributed by atoms with Crippen molar-refractivity contribution < 1.29 is 19.1 Å². The molecule has 0 bridgehead atoms. The summed E-state index contributed by atoms with van der Waals surface area (Å²) in [4.78, 5) is 35.3. The average molecular weight is 343 g/mol. The first-order valence-electron chi connectivity index (χ1n) is 8.11. The van der Waals surface area contributed by atoms with Crippen molar-refractivity contribution in [3.05, 3.63) is 29.8 Å². The molecular formula is C17H22BN3O4. The molecule has 1 aromatic carbocycles. The molecule has 2 amide bonds. The fourth-order valence-electron chi connectivity index (χ4n) is 2.30. The molecule has 132 valence electrons. The van der Waals surface area contributed by atoms with Crippen LogP contribution in [-0.4, -0.2) is 38.2 Å². The Balaban J connectivity index is 2.69. The van der Waals surface area contributed by atoms with Gasteiger partial charge in [0.05, 0.1) is 7.11 Å². The van der Waals surface area contributed by atoms with Crippen molar-refractivity contribution in [1.82, 2.24) is 5.32 Å². The van der Waals surface area contributed by atoms with Gasteiger partial charge >= 0.3 is 5.97 Å². The van der Waals surface area contributed by atoms with E-state index in [2.05, 4.69) is 16.6 Å². The summed E-state index contributed by atoms with van der Waals surface area (Å²) in [6, 6.07) is 5.71. The SMILES string of the molecule is COC(=O)[C@H](CCCCBC#N)NC(=O)c1cccc(NC(C)=O)c1. The van der Waals surface area contributed by atoms with Gasteiger partial charge in [-0.05, 0) is 30.6 Å². The van der Waals surface area contributed by atoms with Crippen molar-refractivity contribution >= 4 is 30.8 Å². The molecule has 1 rings (SSSR count). The first-order chi connectivity index (χ1) is 12.0. The molecule has 0 aliphatic carbocycles. The summed E-state index contributed by atoms with van der Waals surface area (Å²) in [5, 5.41) is 13.8. The highest BCUT2D eigenvalue weighted by Gasteiger charge is 2.21. The highest BCUT2D eigenvalue weighted by Crippen LogP contribution is 2.12. The molecule has 0 aliphatic rings. The van der Waals surface area contributed by atoms with Crippen molar-refractivity contribution in [2.75, 3.05) is 12.4 Å². The Kier molecular flexibility index (Phi) is 8.79. The van der Waals surface area contributed by atoms with Gasteiger partial charge in [0.15, 0.2) is 0 Å². The second kappa shape index (κ2) is 10.9. The van der Waals surface area contributed by atoms with Gasteiger partial charge in [0.1, 0.15) is 6.04 Å². The summed E-state index contributed by atoms with van der Waals surface area (Å²) < 4.78 is 4.74. The molecule has 0 heterocycles. The van der Waals surface area contributed by atoms with Crippen LogP contribution in [0, 0.1) is 11.2 Å². The van der Waals surface area contributed by atoms with Gasteiger partial charge < -0.3 is 15.4 Å². The zero-order valence-electron chi connectivity index (χ0n) is 14.5. The maximum Gasteiger partial charge on any atom is 0.328 e. The van der Waals surface area contributed by atoms with Gasteiger partial charge in [-0.15, -0.1) is 0 Å². The predicted octanol–water partition coefficient (Wildman–Crippen LogP) is 1.42. The van der Waals surface area contributed by atoms with Crippen LogP contribution in [0.5, 0.6) is 0 Å². The Morgan fingerprint density at radius 3 is 2.72 bits per heavy atom. The maximum absolute atomic E-state index is 12.4. The fourth-order valence-corrected chi connectivity index (χ4v) is 2.30. The number of methoxy groups -OCH3 is 1. The van der Waals surface area contributed by atoms with Crippen LogP contribution >= 0.6 is 0 Å². The number of carbonyl (C=O) groups is 3. The molecule has 0 saturated carbocycles. The van der Waals surface area contributed by atoms with E-state index in [1.165, 1.54) is 20.1 Å². The molecule has 0 aromatic heterocycles. The number of esters is 1. The van der Waals surface area contributed by atoms with E-state index in [0.29, 0.717) is 31.4 Å². The van der Waals surface area contributed by atoms with Crippen LogP contribution in [-0.2, 0) is 14.3 Å². The number of anilines is 1. The van der Waals surface area contributed by atoms with E-state index in [0.717, 1.165) is 12.7 Å². The number of hydrogen-bond acceptors (Lipinski definition) is 5. The Morgan fingerprint density at radius 1 is 1.32 bits per heavy atom. The number of benzene rings is 1. The Morgan fingerprint density at radius 2 is 2.08 bits per heavy atom. The summed E-state index contributed by atoms with van der Waals surface area (Å²) in [6.07, 6.45) is 2.70. The third kappa shape index (κ3) is 7.53. The molecular weight excluding hydrogens is 321 g/mol. The minimum atomic E-state index is -0.746. The molecule has 25 heavy (non-hydrogen) atoms. The zero-order valence-corrected chi connectivity index (χ0v) is 14.5. The van der Waals surface area contributed by atoms with E-state index in [-0.39, 0.29) is 5.91 Å². The summed E-state index contributed by atoms with van der Waals surface area (Å²) in [5.41, 5.74) is 0.843. The minimum Gasteiger partial charge on any atom is -0.467 e. The van der Waals surface area contributed by atoms with Crippen LogP contribution in [0.2, 0.25) is 6.32 Å². The maximum atomic E-state index is 12.4. The number of nitrogens with one attached hydrogen (secondary N) is 2. The number of carbonyl (C=O) groups excluding carboxylic acids is 3. The summed E-state index contributed by atoms with van der Waals surface area (Å²) in [7, 11) is 1.75. The standard InChI is InChI=1S/C17H22BN3O4/c1-12(22)20-14-7-5-6-13(10-14)16(23)21-15(17(24)25-2)8-3-4-9-18-11-19/h5-7,10,15,18H,3-4,8-9H2,1-2H3,(H,20,22)(H,21,23)/t15-/m0/s1. The molecule has 1 atom stereocenters. The van der Waals surface area contributed by atoms with Crippen molar-refractivity contribution in [2.24, 2.45) is 0 Å². The van der Waals surface area contributed by atoms with Crippen molar-refractivity contribution in [2.45, 2.75) is 38.5 Å². The summed E-state index contributed by atoms with van der Waals surface area (Å²) in [5.74, 6) is 0.912. The largest absolute Gasteiger partial charge is 0.467 e. The topological polar surface area (TPSA) is 108 Å². The third-order valence-electron chi connectivity index (χ3n) is 3.52. The Labute approximate surface area is 148 Å². The van der Waals surface area contributed by atoms with Gasteiger partial charge in [0.25, 0.3) is 5.91 Å². The van der Waals surface area contributed by atoms with Crippen LogP contribution in [0.3, 0.4) is 0 Å². The minimum absolute atomic E-state index is 0.234. The number of hydrogen-bond donors (Lipinski definition) is 2. The number of ether oxygens (including phenoxy) is 1. The number of rotatable bonds is 9. The van der Waals surface area contributed by atoms with Crippen molar-refractivity contribution in [1.29, 1.82) is 5.26 Å². The van der Waals surface area contributed by atoms with Crippen molar-refractivity contribution in [3.63, 3.8) is 0 Å². The van der Waals surface area contributed by atoms with E-state index < -0.39 is 17.9 Å². The van der Waals surface area contributed by atoms with Crippen LogP contribution < -0.4 is 10.6 Å². The van der Waals surface area contributed by atoms with Gasteiger partial charge in [0, 0.05) is 18.2 Å².